The van der Waals surface area contributed by atoms with Gasteiger partial charge in [-0.3, -0.25) is 4.98 Å². The van der Waals surface area contributed by atoms with E-state index in [1.807, 2.05) is 30.5 Å². The Morgan fingerprint density at radius 1 is 1.11 bits per heavy atom. The third-order valence-electron chi connectivity index (χ3n) is 2.48. The van der Waals surface area contributed by atoms with E-state index in [1.165, 1.54) is 5.56 Å². The maximum atomic E-state index is 5.28. The maximum absolute atomic E-state index is 5.28. The molecule has 1 aromatic carbocycles. The highest BCUT2D eigenvalue weighted by Crippen LogP contribution is 2.32. The van der Waals surface area contributed by atoms with Crippen LogP contribution in [0.5, 0.6) is 11.5 Å². The summed E-state index contributed by atoms with van der Waals surface area (Å²) in [6.07, 6.45) is 3.67. The van der Waals surface area contributed by atoms with Crippen LogP contribution in [0.2, 0.25) is 0 Å². The molecule has 1 heterocycles. The molecule has 0 atom stereocenters. The molecule has 2 rings (SSSR count). The molecule has 0 aliphatic carbocycles. The van der Waals surface area contributed by atoms with Gasteiger partial charge in [0.05, 0.1) is 14.2 Å². The molecule has 0 amide bonds. The van der Waals surface area contributed by atoms with Crippen molar-refractivity contribution in [2.45, 2.75) is 10.6 Å². The van der Waals surface area contributed by atoms with Gasteiger partial charge in [0.2, 0.25) is 0 Å². The number of hydrogen-bond acceptors (Lipinski definition) is 4. The molecule has 0 saturated carbocycles. The Labute approximate surface area is 111 Å². The van der Waals surface area contributed by atoms with Crippen LogP contribution in [0.4, 0.5) is 0 Å². The van der Waals surface area contributed by atoms with Crippen molar-refractivity contribution in [1.29, 1.82) is 0 Å². The number of thioether (sulfide) groups is 1. The van der Waals surface area contributed by atoms with E-state index in [1.54, 1.807) is 32.2 Å². The van der Waals surface area contributed by atoms with E-state index in [0.29, 0.717) is 0 Å². The van der Waals surface area contributed by atoms with Gasteiger partial charge in [-0.1, -0.05) is 6.07 Å². The number of pyridine rings is 1. The van der Waals surface area contributed by atoms with Crippen LogP contribution in [0, 0.1) is 0 Å². The summed E-state index contributed by atoms with van der Waals surface area (Å²) in [6, 6.07) is 9.96. The van der Waals surface area contributed by atoms with E-state index in [9.17, 15) is 0 Å². The molecule has 4 heteroatoms. The van der Waals surface area contributed by atoms with Crippen molar-refractivity contribution in [2.75, 3.05) is 14.2 Å². The quantitative estimate of drug-likeness (QED) is 0.772. The normalized spacial score (nSPS) is 10.1. The van der Waals surface area contributed by atoms with Gasteiger partial charge in [0.15, 0.2) is 11.5 Å². The van der Waals surface area contributed by atoms with E-state index < -0.39 is 0 Å². The van der Waals surface area contributed by atoms with Crippen LogP contribution in [0.1, 0.15) is 5.56 Å². The zero-order valence-electron chi connectivity index (χ0n) is 10.4. The first-order valence-corrected chi connectivity index (χ1v) is 6.56. The topological polar surface area (TPSA) is 31.4 Å². The Kier molecular flexibility index (Phi) is 4.47. The second-order valence-electron chi connectivity index (χ2n) is 3.67. The number of aromatic nitrogens is 1. The number of ether oxygens (including phenoxy) is 2. The van der Waals surface area contributed by atoms with Crippen molar-refractivity contribution < 1.29 is 9.47 Å². The van der Waals surface area contributed by atoms with Crippen LogP contribution >= 0.6 is 11.8 Å². The molecule has 18 heavy (non-hydrogen) atoms. The first-order chi connectivity index (χ1) is 8.83. The van der Waals surface area contributed by atoms with Crippen LogP contribution < -0.4 is 9.47 Å². The predicted octanol–water partition coefficient (Wildman–Crippen LogP) is 3.39. The van der Waals surface area contributed by atoms with E-state index in [2.05, 4.69) is 11.1 Å². The second kappa shape index (κ2) is 6.31. The lowest BCUT2D eigenvalue weighted by Gasteiger charge is -2.09. The number of nitrogens with zero attached hydrogens (tertiary/aromatic N) is 1. The summed E-state index contributed by atoms with van der Waals surface area (Å²) >= 11 is 1.75. The van der Waals surface area contributed by atoms with Gasteiger partial charge in [-0.15, -0.1) is 11.8 Å². The standard InChI is InChI=1S/C14H15NO2S/c1-16-13-6-5-12(8-14(13)17-2)18-10-11-4-3-7-15-9-11/h3-9H,10H2,1-2H3. The van der Waals surface area contributed by atoms with Gasteiger partial charge < -0.3 is 9.47 Å². The van der Waals surface area contributed by atoms with Gasteiger partial charge in [0.25, 0.3) is 0 Å². The van der Waals surface area contributed by atoms with Gasteiger partial charge in [-0.25, -0.2) is 0 Å². The molecule has 0 aliphatic heterocycles. The van der Waals surface area contributed by atoms with Crippen molar-refractivity contribution in [3.05, 3.63) is 48.3 Å². The van der Waals surface area contributed by atoms with Gasteiger partial charge in [0, 0.05) is 23.0 Å². The number of methoxy groups -OCH3 is 2. The van der Waals surface area contributed by atoms with Crippen molar-refractivity contribution in [2.24, 2.45) is 0 Å². The molecular weight excluding hydrogens is 246 g/mol. The molecule has 0 bridgehead atoms. The number of rotatable bonds is 5. The zero-order chi connectivity index (χ0) is 12.8. The molecule has 0 saturated heterocycles. The average molecular weight is 261 g/mol. The minimum absolute atomic E-state index is 0.753. The predicted molar refractivity (Wildman–Crippen MR) is 73.3 cm³/mol. The molecule has 0 fully saturated rings. The monoisotopic (exact) mass is 261 g/mol. The minimum atomic E-state index is 0.753. The zero-order valence-corrected chi connectivity index (χ0v) is 11.2. The van der Waals surface area contributed by atoms with Crippen molar-refractivity contribution in [1.82, 2.24) is 4.98 Å². The van der Waals surface area contributed by atoms with Gasteiger partial charge in [0.1, 0.15) is 0 Å². The Hall–Kier alpha value is -1.68. The van der Waals surface area contributed by atoms with Crippen molar-refractivity contribution in [3.63, 3.8) is 0 Å². The molecule has 0 N–H and O–H groups in total. The average Bonchev–Trinajstić information content (AvgIpc) is 2.45. The summed E-state index contributed by atoms with van der Waals surface area (Å²) in [6.45, 7) is 0. The highest BCUT2D eigenvalue weighted by Gasteiger charge is 2.05. The third-order valence-corrected chi connectivity index (χ3v) is 3.55. The molecule has 94 valence electrons. The fraction of sp³-hybridized carbons (Fsp3) is 0.214. The van der Waals surface area contributed by atoms with Crippen LogP contribution in [-0.4, -0.2) is 19.2 Å². The Balaban J connectivity index is 2.06. The highest BCUT2D eigenvalue weighted by molar-refractivity contribution is 7.98. The largest absolute Gasteiger partial charge is 0.493 e. The number of hydrogen-bond donors (Lipinski definition) is 0. The van der Waals surface area contributed by atoms with Crippen LogP contribution in [0.15, 0.2) is 47.6 Å². The maximum Gasteiger partial charge on any atom is 0.161 e. The molecule has 2 aromatic rings. The third kappa shape index (κ3) is 3.17. The lowest BCUT2D eigenvalue weighted by atomic mass is 10.3. The minimum Gasteiger partial charge on any atom is -0.493 e. The summed E-state index contributed by atoms with van der Waals surface area (Å²) < 4.78 is 10.5. The highest BCUT2D eigenvalue weighted by atomic mass is 32.2. The summed E-state index contributed by atoms with van der Waals surface area (Å²) in [5.74, 6) is 2.40. The Morgan fingerprint density at radius 3 is 2.61 bits per heavy atom. The molecular formula is C14H15NO2S. The molecule has 0 aliphatic rings. The van der Waals surface area contributed by atoms with Gasteiger partial charge in [-0.2, -0.15) is 0 Å². The molecule has 0 spiro atoms. The van der Waals surface area contributed by atoms with Crippen molar-refractivity contribution in [3.8, 4) is 11.5 Å². The van der Waals surface area contributed by atoms with Gasteiger partial charge >= 0.3 is 0 Å². The first kappa shape index (κ1) is 12.8. The summed E-state index contributed by atoms with van der Waals surface area (Å²) in [5, 5.41) is 0. The lowest BCUT2D eigenvalue weighted by molar-refractivity contribution is 0.354. The van der Waals surface area contributed by atoms with E-state index >= 15 is 0 Å². The van der Waals surface area contributed by atoms with E-state index in [-0.39, 0.29) is 0 Å². The molecule has 3 nitrogen and oxygen atoms in total. The fourth-order valence-corrected chi connectivity index (χ4v) is 2.42. The van der Waals surface area contributed by atoms with Gasteiger partial charge in [-0.05, 0) is 29.8 Å². The Morgan fingerprint density at radius 2 is 1.94 bits per heavy atom. The fourth-order valence-electron chi connectivity index (χ4n) is 1.56. The van der Waals surface area contributed by atoms with Crippen LogP contribution in [0.25, 0.3) is 0 Å². The second-order valence-corrected chi connectivity index (χ2v) is 4.72. The lowest BCUT2D eigenvalue weighted by Crippen LogP contribution is -1.90. The van der Waals surface area contributed by atoms with Crippen LogP contribution in [-0.2, 0) is 5.75 Å². The summed E-state index contributed by atoms with van der Waals surface area (Å²) in [4.78, 5) is 5.25. The molecule has 0 radical (unpaired) electrons. The van der Waals surface area contributed by atoms with E-state index in [4.69, 9.17) is 9.47 Å². The summed E-state index contributed by atoms with van der Waals surface area (Å²) in [5.41, 5.74) is 1.21. The number of benzene rings is 1. The Bertz CT molecular complexity index is 502. The van der Waals surface area contributed by atoms with E-state index in [0.717, 1.165) is 22.1 Å². The van der Waals surface area contributed by atoms with Crippen LogP contribution in [0.3, 0.4) is 0 Å². The van der Waals surface area contributed by atoms with Crippen molar-refractivity contribution >= 4 is 11.8 Å². The molecule has 0 unspecified atom stereocenters. The first-order valence-electron chi connectivity index (χ1n) is 5.57. The smallest absolute Gasteiger partial charge is 0.161 e. The SMILES string of the molecule is COc1ccc(SCc2cccnc2)cc1OC. The summed E-state index contributed by atoms with van der Waals surface area (Å²) in [7, 11) is 3.29. The molecule has 1 aromatic heterocycles.